The van der Waals surface area contributed by atoms with Crippen molar-refractivity contribution in [2.24, 2.45) is 0 Å². The average Bonchev–Trinajstić information content (AvgIpc) is 3.42. The van der Waals surface area contributed by atoms with Crippen LogP contribution in [0.25, 0.3) is 10.8 Å². The molecule has 8 heteroatoms. The van der Waals surface area contributed by atoms with Crippen molar-refractivity contribution >= 4 is 17.2 Å². The van der Waals surface area contributed by atoms with Crippen molar-refractivity contribution in [2.75, 3.05) is 20.8 Å². The van der Waals surface area contributed by atoms with Crippen LogP contribution < -0.4 is 9.47 Å². The maximum atomic E-state index is 12.5. The molecule has 1 fully saturated rings. The molecule has 1 amide bonds. The third-order valence-electron chi connectivity index (χ3n) is 4.60. The first-order valence-corrected chi connectivity index (χ1v) is 9.42. The summed E-state index contributed by atoms with van der Waals surface area (Å²) < 4.78 is 16.1. The van der Waals surface area contributed by atoms with Gasteiger partial charge in [-0.25, -0.2) is 0 Å². The topological polar surface area (TPSA) is 77.7 Å². The Morgan fingerprint density at radius 1 is 1.30 bits per heavy atom. The van der Waals surface area contributed by atoms with E-state index in [4.69, 9.17) is 14.0 Å². The highest BCUT2D eigenvalue weighted by Crippen LogP contribution is 2.32. The van der Waals surface area contributed by atoms with Crippen LogP contribution in [-0.4, -0.2) is 41.7 Å². The molecular formula is C19H19N3O4S. The van der Waals surface area contributed by atoms with Crippen molar-refractivity contribution in [3.05, 3.63) is 47.1 Å². The SMILES string of the molecule is COc1ccc(OC)c(CN2CC(c3noc(-c4cccs4)n3)CC2=O)c1. The second-order valence-corrected chi connectivity index (χ2v) is 7.24. The Balaban J connectivity index is 1.50. The lowest BCUT2D eigenvalue weighted by Gasteiger charge is -2.18. The van der Waals surface area contributed by atoms with E-state index in [2.05, 4.69) is 10.1 Å². The lowest BCUT2D eigenvalue weighted by Crippen LogP contribution is -2.24. The van der Waals surface area contributed by atoms with Gasteiger partial charge in [-0.1, -0.05) is 11.2 Å². The fraction of sp³-hybridized carbons (Fsp3) is 0.316. The molecule has 7 nitrogen and oxygen atoms in total. The number of hydrogen-bond acceptors (Lipinski definition) is 7. The van der Waals surface area contributed by atoms with Crippen molar-refractivity contribution in [2.45, 2.75) is 18.9 Å². The highest BCUT2D eigenvalue weighted by molar-refractivity contribution is 7.13. The average molecular weight is 385 g/mol. The van der Waals surface area contributed by atoms with E-state index in [1.807, 2.05) is 35.7 Å². The Morgan fingerprint density at radius 3 is 2.93 bits per heavy atom. The third-order valence-corrected chi connectivity index (χ3v) is 5.46. The molecule has 2 aromatic heterocycles. The van der Waals surface area contributed by atoms with Gasteiger partial charge in [-0.2, -0.15) is 4.98 Å². The molecule has 1 aromatic carbocycles. The summed E-state index contributed by atoms with van der Waals surface area (Å²) in [6.07, 6.45) is 0.371. The van der Waals surface area contributed by atoms with Crippen molar-refractivity contribution < 1.29 is 18.8 Å². The van der Waals surface area contributed by atoms with Gasteiger partial charge in [0.05, 0.1) is 19.1 Å². The minimum Gasteiger partial charge on any atom is -0.497 e. The Bertz CT molecular complexity index is 938. The number of thiophene rings is 1. The molecule has 27 heavy (non-hydrogen) atoms. The van der Waals surface area contributed by atoms with Gasteiger partial charge < -0.3 is 18.9 Å². The van der Waals surface area contributed by atoms with Crippen LogP contribution >= 0.6 is 11.3 Å². The summed E-state index contributed by atoms with van der Waals surface area (Å²) in [5.41, 5.74) is 0.901. The maximum absolute atomic E-state index is 12.5. The molecule has 0 saturated carbocycles. The second-order valence-electron chi connectivity index (χ2n) is 6.29. The quantitative estimate of drug-likeness (QED) is 0.648. The van der Waals surface area contributed by atoms with Crippen molar-refractivity contribution in [1.82, 2.24) is 15.0 Å². The van der Waals surface area contributed by atoms with Gasteiger partial charge in [0.25, 0.3) is 5.89 Å². The number of hydrogen-bond donors (Lipinski definition) is 0. The molecule has 1 aliphatic rings. The van der Waals surface area contributed by atoms with Gasteiger partial charge in [-0.05, 0) is 29.6 Å². The van der Waals surface area contributed by atoms with E-state index < -0.39 is 0 Å². The number of carbonyl (C=O) groups excluding carboxylic acids is 1. The number of nitrogens with zero attached hydrogens (tertiary/aromatic N) is 3. The summed E-state index contributed by atoms with van der Waals surface area (Å²) in [6.45, 7) is 0.994. The Hall–Kier alpha value is -2.87. The van der Waals surface area contributed by atoms with E-state index in [0.29, 0.717) is 31.2 Å². The molecule has 1 unspecified atom stereocenters. The molecule has 140 valence electrons. The molecule has 0 radical (unpaired) electrons. The predicted octanol–water partition coefficient (Wildman–Crippen LogP) is 3.33. The molecule has 3 heterocycles. The lowest BCUT2D eigenvalue weighted by atomic mass is 10.1. The number of methoxy groups -OCH3 is 2. The van der Waals surface area contributed by atoms with E-state index in [1.54, 1.807) is 30.5 Å². The zero-order valence-electron chi connectivity index (χ0n) is 15.0. The summed E-state index contributed by atoms with van der Waals surface area (Å²) >= 11 is 1.54. The molecule has 0 N–H and O–H groups in total. The van der Waals surface area contributed by atoms with E-state index in [0.717, 1.165) is 21.9 Å². The van der Waals surface area contributed by atoms with Gasteiger partial charge in [0.15, 0.2) is 5.82 Å². The maximum Gasteiger partial charge on any atom is 0.267 e. The summed E-state index contributed by atoms with van der Waals surface area (Å²) in [5, 5.41) is 6.05. The standard InChI is InChI=1S/C19H19N3O4S/c1-24-14-5-6-15(25-2)12(8-14)10-22-11-13(9-17(22)23)18-20-19(26-21-18)16-4-3-7-27-16/h3-8,13H,9-11H2,1-2H3. The first kappa shape index (κ1) is 17.5. The molecule has 0 spiro atoms. The minimum atomic E-state index is -0.0773. The van der Waals surface area contributed by atoms with Gasteiger partial charge in [0, 0.05) is 31.0 Å². The number of amides is 1. The van der Waals surface area contributed by atoms with Gasteiger partial charge in [0.2, 0.25) is 5.91 Å². The highest BCUT2D eigenvalue weighted by atomic mass is 32.1. The van der Waals surface area contributed by atoms with Crippen LogP contribution in [-0.2, 0) is 11.3 Å². The van der Waals surface area contributed by atoms with Gasteiger partial charge in [-0.3, -0.25) is 4.79 Å². The van der Waals surface area contributed by atoms with E-state index in [1.165, 1.54) is 0 Å². The summed E-state index contributed by atoms with van der Waals surface area (Å²) in [7, 11) is 3.23. The van der Waals surface area contributed by atoms with E-state index in [9.17, 15) is 4.79 Å². The highest BCUT2D eigenvalue weighted by Gasteiger charge is 2.34. The van der Waals surface area contributed by atoms with E-state index >= 15 is 0 Å². The predicted molar refractivity (Wildman–Crippen MR) is 99.9 cm³/mol. The third kappa shape index (κ3) is 3.52. The molecule has 0 aliphatic carbocycles. The van der Waals surface area contributed by atoms with E-state index in [-0.39, 0.29) is 11.8 Å². The summed E-state index contributed by atoms with van der Waals surface area (Å²) in [4.78, 5) is 19.7. The molecule has 1 saturated heterocycles. The van der Waals surface area contributed by atoms with Crippen molar-refractivity contribution in [3.63, 3.8) is 0 Å². The molecule has 0 bridgehead atoms. The second kappa shape index (κ2) is 7.40. The number of benzene rings is 1. The minimum absolute atomic E-state index is 0.0624. The molecular weight excluding hydrogens is 366 g/mol. The fourth-order valence-corrected chi connectivity index (χ4v) is 3.85. The number of rotatable bonds is 6. The van der Waals surface area contributed by atoms with Crippen LogP contribution in [0.5, 0.6) is 11.5 Å². The molecule has 1 atom stereocenters. The first-order valence-electron chi connectivity index (χ1n) is 8.54. The monoisotopic (exact) mass is 385 g/mol. The van der Waals surface area contributed by atoms with Crippen LogP contribution in [0.4, 0.5) is 0 Å². The van der Waals surface area contributed by atoms with Crippen LogP contribution in [0.3, 0.4) is 0 Å². The van der Waals surface area contributed by atoms with Gasteiger partial charge in [-0.15, -0.1) is 11.3 Å². The zero-order valence-corrected chi connectivity index (χ0v) is 15.9. The summed E-state index contributed by atoms with van der Waals surface area (Å²) in [6, 6.07) is 9.44. The Kier molecular flexibility index (Phi) is 4.81. The largest absolute Gasteiger partial charge is 0.497 e. The number of carbonyl (C=O) groups is 1. The zero-order chi connectivity index (χ0) is 18.8. The van der Waals surface area contributed by atoms with Crippen molar-refractivity contribution in [3.8, 4) is 22.3 Å². The number of aromatic nitrogens is 2. The fourth-order valence-electron chi connectivity index (χ4n) is 3.21. The number of likely N-dealkylation sites (tertiary alicyclic amines) is 1. The summed E-state index contributed by atoms with van der Waals surface area (Å²) in [5.74, 6) is 2.52. The van der Waals surface area contributed by atoms with Crippen LogP contribution in [0.15, 0.2) is 40.2 Å². The first-order chi connectivity index (χ1) is 13.2. The van der Waals surface area contributed by atoms with Crippen LogP contribution in [0, 0.1) is 0 Å². The smallest absolute Gasteiger partial charge is 0.267 e. The molecule has 4 rings (SSSR count). The lowest BCUT2D eigenvalue weighted by molar-refractivity contribution is -0.128. The Labute approximate surface area is 160 Å². The van der Waals surface area contributed by atoms with Gasteiger partial charge in [0.1, 0.15) is 11.5 Å². The molecule has 1 aliphatic heterocycles. The van der Waals surface area contributed by atoms with Gasteiger partial charge >= 0.3 is 0 Å². The van der Waals surface area contributed by atoms with Crippen LogP contribution in [0.1, 0.15) is 23.7 Å². The Morgan fingerprint density at radius 2 is 2.19 bits per heavy atom. The normalized spacial score (nSPS) is 16.7. The van der Waals surface area contributed by atoms with Crippen molar-refractivity contribution in [1.29, 1.82) is 0 Å². The number of ether oxygens (including phenoxy) is 2. The van der Waals surface area contributed by atoms with Crippen LogP contribution in [0.2, 0.25) is 0 Å². The molecule has 3 aromatic rings.